The molecular weight excluding hydrogens is 378 g/mol. The molecule has 0 aliphatic carbocycles. The molecule has 0 bridgehead atoms. The van der Waals surface area contributed by atoms with Gasteiger partial charge in [-0.1, -0.05) is 12.1 Å². The van der Waals surface area contributed by atoms with Gasteiger partial charge < -0.3 is 14.2 Å². The second-order valence-corrected chi connectivity index (χ2v) is 7.49. The molecule has 0 unspecified atom stereocenters. The van der Waals surface area contributed by atoms with Crippen LogP contribution in [0.2, 0.25) is 0 Å². The van der Waals surface area contributed by atoms with Gasteiger partial charge in [0.2, 0.25) is 0 Å². The Hall–Kier alpha value is -2.93. The topological polar surface area (TPSA) is 74.7 Å². The Balaban J connectivity index is 1.23. The van der Waals surface area contributed by atoms with Crippen molar-refractivity contribution in [2.24, 2.45) is 0 Å². The van der Waals surface area contributed by atoms with Gasteiger partial charge in [0.1, 0.15) is 13.2 Å². The molecule has 6 nitrogen and oxygen atoms in total. The highest BCUT2D eigenvalue weighted by molar-refractivity contribution is 7.18. The van der Waals surface area contributed by atoms with Crippen LogP contribution >= 0.6 is 11.3 Å². The van der Waals surface area contributed by atoms with Gasteiger partial charge in [-0.2, -0.15) is 0 Å². The van der Waals surface area contributed by atoms with Crippen LogP contribution in [0.4, 0.5) is 0 Å². The molecule has 3 aromatic rings. The predicted octanol–water partition coefficient (Wildman–Crippen LogP) is 3.82. The Morgan fingerprint density at radius 3 is 2.75 bits per heavy atom. The van der Waals surface area contributed by atoms with Crippen LogP contribution < -0.4 is 9.47 Å². The molecule has 0 saturated heterocycles. The summed E-state index contributed by atoms with van der Waals surface area (Å²) in [6, 6.07) is 12.9. The van der Waals surface area contributed by atoms with Gasteiger partial charge in [0.15, 0.2) is 23.9 Å². The van der Waals surface area contributed by atoms with Crippen molar-refractivity contribution in [3.8, 4) is 11.5 Å². The van der Waals surface area contributed by atoms with Gasteiger partial charge >= 0.3 is 5.97 Å². The van der Waals surface area contributed by atoms with Crippen LogP contribution in [-0.4, -0.2) is 36.6 Å². The number of benzene rings is 2. The van der Waals surface area contributed by atoms with Gasteiger partial charge in [-0.25, -0.2) is 4.98 Å². The van der Waals surface area contributed by atoms with Crippen molar-refractivity contribution in [1.82, 2.24) is 4.98 Å². The molecule has 2 aromatic carbocycles. The number of aryl methyl sites for hydroxylation is 1. The van der Waals surface area contributed by atoms with Gasteiger partial charge in [-0.3, -0.25) is 9.59 Å². The number of Topliss-reactive ketones (excluding diaryl/α,β-unsaturated/α-hetero) is 1. The van der Waals surface area contributed by atoms with Crippen molar-refractivity contribution < 1.29 is 23.8 Å². The smallest absolute Gasteiger partial charge is 0.306 e. The summed E-state index contributed by atoms with van der Waals surface area (Å²) >= 11 is 1.64. The van der Waals surface area contributed by atoms with E-state index < -0.39 is 0 Å². The van der Waals surface area contributed by atoms with Crippen LogP contribution in [0.5, 0.6) is 11.5 Å². The number of ketones is 1. The van der Waals surface area contributed by atoms with E-state index >= 15 is 0 Å². The van der Waals surface area contributed by atoms with Crippen LogP contribution in [0.1, 0.15) is 28.2 Å². The minimum atomic E-state index is -0.382. The van der Waals surface area contributed by atoms with Crippen molar-refractivity contribution in [3.05, 3.63) is 53.0 Å². The SMILES string of the molecule is O=C(CCCc1nc2ccccc2s1)OCC(=O)c1ccc2c(c1)OCCO2. The average molecular weight is 397 g/mol. The molecule has 1 aromatic heterocycles. The number of carbonyl (C=O) groups is 2. The third-order valence-corrected chi connectivity index (χ3v) is 5.43. The van der Waals surface area contributed by atoms with Gasteiger partial charge in [-0.15, -0.1) is 11.3 Å². The number of thiazole rings is 1. The first-order valence-electron chi connectivity index (χ1n) is 9.12. The molecule has 2 heterocycles. The number of rotatable bonds is 7. The second-order valence-electron chi connectivity index (χ2n) is 6.37. The summed E-state index contributed by atoms with van der Waals surface area (Å²) in [7, 11) is 0. The summed E-state index contributed by atoms with van der Waals surface area (Å²) in [5, 5.41) is 1.00. The molecule has 0 spiro atoms. The normalized spacial score (nSPS) is 12.7. The maximum absolute atomic E-state index is 12.2. The Kier molecular flexibility index (Phi) is 5.53. The fraction of sp³-hybridized carbons (Fsp3) is 0.286. The molecular formula is C21H19NO5S. The van der Waals surface area contributed by atoms with Gasteiger partial charge in [-0.05, 0) is 43.2 Å². The van der Waals surface area contributed by atoms with Crippen LogP contribution in [0.15, 0.2) is 42.5 Å². The lowest BCUT2D eigenvalue weighted by Gasteiger charge is -2.18. The van der Waals surface area contributed by atoms with E-state index in [2.05, 4.69) is 4.98 Å². The molecule has 0 radical (unpaired) electrons. The van der Waals surface area contributed by atoms with E-state index in [4.69, 9.17) is 14.2 Å². The first kappa shape index (κ1) is 18.4. The minimum Gasteiger partial charge on any atom is -0.486 e. The number of hydrogen-bond acceptors (Lipinski definition) is 7. The summed E-state index contributed by atoms with van der Waals surface area (Å²) < 4.78 is 17.2. The van der Waals surface area contributed by atoms with E-state index in [0.29, 0.717) is 43.1 Å². The van der Waals surface area contributed by atoms with E-state index in [1.54, 1.807) is 29.5 Å². The molecule has 4 rings (SSSR count). The minimum absolute atomic E-state index is 0.254. The second kappa shape index (κ2) is 8.39. The fourth-order valence-electron chi connectivity index (χ4n) is 2.93. The van der Waals surface area contributed by atoms with Crippen LogP contribution in [0, 0.1) is 0 Å². The number of hydrogen-bond donors (Lipinski definition) is 0. The lowest BCUT2D eigenvalue weighted by atomic mass is 10.1. The summed E-state index contributed by atoms with van der Waals surface area (Å²) in [4.78, 5) is 28.7. The van der Waals surface area contributed by atoms with E-state index in [9.17, 15) is 9.59 Å². The van der Waals surface area contributed by atoms with Crippen molar-refractivity contribution >= 4 is 33.3 Å². The third kappa shape index (κ3) is 4.31. The van der Waals surface area contributed by atoms with Crippen molar-refractivity contribution in [2.75, 3.05) is 19.8 Å². The zero-order chi connectivity index (χ0) is 19.3. The van der Waals surface area contributed by atoms with Crippen LogP contribution in [0.25, 0.3) is 10.2 Å². The fourth-order valence-corrected chi connectivity index (χ4v) is 3.94. The Bertz CT molecular complexity index is 980. The number of para-hydroxylation sites is 1. The number of nitrogens with zero attached hydrogens (tertiary/aromatic N) is 1. The van der Waals surface area contributed by atoms with E-state index in [0.717, 1.165) is 15.2 Å². The number of fused-ring (bicyclic) bond motifs is 2. The first-order chi connectivity index (χ1) is 13.7. The molecule has 1 aliphatic rings. The van der Waals surface area contributed by atoms with Gasteiger partial charge in [0, 0.05) is 12.0 Å². The number of ether oxygens (including phenoxy) is 3. The number of aromatic nitrogens is 1. The van der Waals surface area contributed by atoms with E-state index in [-0.39, 0.29) is 24.8 Å². The van der Waals surface area contributed by atoms with Gasteiger partial charge in [0.05, 0.1) is 15.2 Å². The molecule has 0 atom stereocenters. The monoisotopic (exact) mass is 397 g/mol. The van der Waals surface area contributed by atoms with Crippen molar-refractivity contribution in [3.63, 3.8) is 0 Å². The Morgan fingerprint density at radius 2 is 1.89 bits per heavy atom. The molecule has 7 heteroatoms. The summed E-state index contributed by atoms with van der Waals surface area (Å²) in [5.74, 6) is 0.511. The number of esters is 1. The Labute approximate surface area is 166 Å². The quantitative estimate of drug-likeness (QED) is 0.446. The molecule has 0 N–H and O–H groups in total. The lowest BCUT2D eigenvalue weighted by Crippen LogP contribution is -2.17. The number of carbonyl (C=O) groups excluding carboxylic acids is 2. The summed E-state index contributed by atoms with van der Waals surface area (Å²) in [6.07, 6.45) is 1.60. The third-order valence-electron chi connectivity index (χ3n) is 4.34. The summed E-state index contributed by atoms with van der Waals surface area (Å²) in [5.41, 5.74) is 1.42. The first-order valence-corrected chi connectivity index (χ1v) is 9.93. The Morgan fingerprint density at radius 1 is 1.07 bits per heavy atom. The van der Waals surface area contributed by atoms with Crippen molar-refractivity contribution in [2.45, 2.75) is 19.3 Å². The maximum atomic E-state index is 12.2. The zero-order valence-corrected chi connectivity index (χ0v) is 16.0. The maximum Gasteiger partial charge on any atom is 0.306 e. The average Bonchev–Trinajstić information content (AvgIpc) is 3.14. The predicted molar refractivity (Wildman–Crippen MR) is 105 cm³/mol. The largest absolute Gasteiger partial charge is 0.486 e. The molecule has 144 valence electrons. The highest BCUT2D eigenvalue weighted by atomic mass is 32.1. The standard InChI is InChI=1S/C21H19NO5S/c23-16(14-8-9-17-18(12-14)26-11-10-25-17)13-27-21(24)7-3-6-20-22-15-4-1-2-5-19(15)28-20/h1-2,4-5,8-9,12H,3,6-7,10-11,13H2. The van der Waals surface area contributed by atoms with Crippen LogP contribution in [-0.2, 0) is 16.0 Å². The van der Waals surface area contributed by atoms with E-state index in [1.165, 1.54) is 0 Å². The molecule has 0 fully saturated rings. The molecule has 0 amide bonds. The van der Waals surface area contributed by atoms with E-state index in [1.807, 2.05) is 24.3 Å². The molecule has 28 heavy (non-hydrogen) atoms. The molecule has 1 aliphatic heterocycles. The highest BCUT2D eigenvalue weighted by Crippen LogP contribution is 2.30. The highest BCUT2D eigenvalue weighted by Gasteiger charge is 2.16. The summed E-state index contributed by atoms with van der Waals surface area (Å²) in [6.45, 7) is 0.669. The lowest BCUT2D eigenvalue weighted by molar-refractivity contribution is -0.142. The molecule has 0 saturated carbocycles. The van der Waals surface area contributed by atoms with Crippen LogP contribution in [0.3, 0.4) is 0 Å². The zero-order valence-electron chi connectivity index (χ0n) is 15.2. The van der Waals surface area contributed by atoms with Gasteiger partial charge in [0.25, 0.3) is 0 Å². The van der Waals surface area contributed by atoms with Crippen molar-refractivity contribution in [1.29, 1.82) is 0 Å².